The van der Waals surface area contributed by atoms with Crippen LogP contribution in [-0.2, 0) is 11.0 Å². The van der Waals surface area contributed by atoms with Gasteiger partial charge in [-0.1, -0.05) is 36.9 Å². The molecule has 0 bridgehead atoms. The van der Waals surface area contributed by atoms with Crippen molar-refractivity contribution >= 4 is 41.2 Å². The third-order valence-electron chi connectivity index (χ3n) is 4.27. The van der Waals surface area contributed by atoms with Crippen LogP contribution in [0.3, 0.4) is 0 Å². The Morgan fingerprint density at radius 3 is 2.28 bits per heavy atom. The van der Waals surface area contributed by atoms with Crippen LogP contribution in [0.5, 0.6) is 17.2 Å². The summed E-state index contributed by atoms with van der Waals surface area (Å²) < 4.78 is 56.8. The topological polar surface area (TPSA) is 59.6 Å². The highest BCUT2D eigenvalue weighted by Crippen LogP contribution is 2.45. The van der Waals surface area contributed by atoms with E-state index in [-0.39, 0.29) is 29.0 Å². The fraction of sp³-hybridized carbons (Fsp3) is 0.316. The van der Waals surface area contributed by atoms with Crippen molar-refractivity contribution in [2.24, 2.45) is 0 Å². The van der Waals surface area contributed by atoms with Crippen molar-refractivity contribution < 1.29 is 27.4 Å². The quantitative estimate of drug-likeness (QED) is 0.308. The summed E-state index contributed by atoms with van der Waals surface area (Å²) >= 11 is 2.30. The lowest BCUT2D eigenvalue weighted by Crippen LogP contribution is -2.18. The van der Waals surface area contributed by atoms with Crippen LogP contribution in [0.1, 0.15) is 30.4 Å². The maximum absolute atomic E-state index is 13.3. The fourth-order valence-electron chi connectivity index (χ4n) is 2.99. The lowest BCUT2D eigenvalue weighted by molar-refractivity contribution is -0.137. The zero-order chi connectivity index (χ0) is 21.2. The third-order valence-corrected chi connectivity index (χ3v) is 5.12. The van der Waals surface area contributed by atoms with E-state index < -0.39 is 11.7 Å². The van der Waals surface area contributed by atoms with E-state index in [1.165, 1.54) is 0 Å². The zero-order valence-corrected chi connectivity index (χ0v) is 17.5. The fourth-order valence-corrected chi connectivity index (χ4v) is 3.73. The Bertz CT molecular complexity index is 895. The van der Waals surface area contributed by atoms with Crippen molar-refractivity contribution in [2.75, 3.05) is 22.0 Å². The second kappa shape index (κ2) is 8.66. The number of rotatable bonds is 6. The second-order valence-corrected chi connectivity index (χ2v) is 7.62. The van der Waals surface area contributed by atoms with E-state index in [1.54, 1.807) is 30.7 Å². The minimum atomic E-state index is -4.50. The SMILES string of the molecule is CSNc1cc(C(F)(F)F)cc(NSC)c1Oc1ccc2c(c1)OC(=O)CC2C. The summed E-state index contributed by atoms with van der Waals surface area (Å²) in [5, 5.41) is 0. The molecule has 0 saturated carbocycles. The number of carbonyl (C=O) groups excluding carboxylic acids is 1. The van der Waals surface area contributed by atoms with Gasteiger partial charge in [-0.3, -0.25) is 4.79 Å². The highest BCUT2D eigenvalue weighted by atomic mass is 32.2. The molecule has 1 atom stereocenters. The maximum atomic E-state index is 13.3. The summed E-state index contributed by atoms with van der Waals surface area (Å²) in [7, 11) is 0. The Morgan fingerprint density at radius 1 is 1.10 bits per heavy atom. The van der Waals surface area contributed by atoms with Gasteiger partial charge < -0.3 is 18.9 Å². The van der Waals surface area contributed by atoms with E-state index >= 15 is 0 Å². The van der Waals surface area contributed by atoms with E-state index in [9.17, 15) is 18.0 Å². The summed E-state index contributed by atoms with van der Waals surface area (Å²) in [6.45, 7) is 1.93. The Hall–Kier alpha value is -2.20. The van der Waals surface area contributed by atoms with Gasteiger partial charge in [-0.25, -0.2) is 0 Å². The first-order valence-corrected chi connectivity index (χ1v) is 11.0. The van der Waals surface area contributed by atoms with Gasteiger partial charge >= 0.3 is 12.1 Å². The normalized spacial score (nSPS) is 16.1. The number of esters is 1. The molecule has 0 radical (unpaired) electrons. The third kappa shape index (κ3) is 4.87. The number of benzene rings is 2. The van der Waals surface area contributed by atoms with Crippen molar-refractivity contribution in [1.82, 2.24) is 0 Å². The highest BCUT2D eigenvalue weighted by molar-refractivity contribution is 8.00. The number of fused-ring (bicyclic) bond motifs is 1. The number of nitrogens with one attached hydrogen (secondary N) is 2. The molecule has 0 amide bonds. The minimum absolute atomic E-state index is 0.0220. The van der Waals surface area contributed by atoms with Gasteiger partial charge in [-0.15, -0.1) is 0 Å². The second-order valence-electron chi connectivity index (χ2n) is 6.39. The molecular formula is C19H19F3N2O3S2. The van der Waals surface area contributed by atoms with Crippen LogP contribution in [0.15, 0.2) is 30.3 Å². The van der Waals surface area contributed by atoms with Gasteiger partial charge in [0.2, 0.25) is 0 Å². The molecule has 1 unspecified atom stereocenters. The van der Waals surface area contributed by atoms with Gasteiger partial charge in [0, 0.05) is 18.6 Å². The molecule has 5 nitrogen and oxygen atoms in total. The monoisotopic (exact) mass is 444 g/mol. The Balaban J connectivity index is 2.03. The van der Waals surface area contributed by atoms with Crippen LogP contribution in [0.2, 0.25) is 0 Å². The number of alkyl halides is 3. The number of ether oxygens (including phenoxy) is 2. The Labute approximate surface area is 175 Å². The molecule has 1 aliphatic rings. The Morgan fingerprint density at radius 2 is 1.72 bits per heavy atom. The summed E-state index contributed by atoms with van der Waals surface area (Å²) in [4.78, 5) is 11.7. The molecule has 0 aliphatic carbocycles. The number of carbonyl (C=O) groups is 1. The maximum Gasteiger partial charge on any atom is 0.416 e. The summed E-state index contributed by atoms with van der Waals surface area (Å²) in [5.41, 5.74) is 0.430. The molecule has 1 aliphatic heterocycles. The molecule has 1 heterocycles. The first-order chi connectivity index (χ1) is 13.7. The molecule has 2 N–H and O–H groups in total. The van der Waals surface area contributed by atoms with Gasteiger partial charge in [0.05, 0.1) is 23.4 Å². The zero-order valence-electron chi connectivity index (χ0n) is 15.8. The van der Waals surface area contributed by atoms with E-state index in [1.807, 2.05) is 6.92 Å². The molecule has 0 fully saturated rings. The number of anilines is 2. The molecule has 29 heavy (non-hydrogen) atoms. The average molecular weight is 445 g/mol. The number of hydrogen-bond acceptors (Lipinski definition) is 7. The lowest BCUT2D eigenvalue weighted by atomic mass is 9.95. The largest absolute Gasteiger partial charge is 0.453 e. The average Bonchev–Trinajstić information content (AvgIpc) is 2.63. The minimum Gasteiger partial charge on any atom is -0.453 e. The van der Waals surface area contributed by atoms with Crippen LogP contribution in [0, 0.1) is 0 Å². The van der Waals surface area contributed by atoms with Gasteiger partial charge in [0.1, 0.15) is 11.5 Å². The summed E-state index contributed by atoms with van der Waals surface area (Å²) in [6.07, 6.45) is -0.801. The van der Waals surface area contributed by atoms with Gasteiger partial charge in [-0.05, 0) is 29.7 Å². The van der Waals surface area contributed by atoms with E-state index in [4.69, 9.17) is 9.47 Å². The van der Waals surface area contributed by atoms with Crippen LogP contribution in [0.25, 0.3) is 0 Å². The molecule has 0 spiro atoms. The predicted octanol–water partition coefficient (Wildman–Crippen LogP) is 6.29. The van der Waals surface area contributed by atoms with Gasteiger partial charge in [-0.2, -0.15) is 13.2 Å². The first-order valence-electron chi connectivity index (χ1n) is 8.58. The standard InChI is InChI=1S/C19H19F3N2O3S2/c1-10-6-17(25)27-16-9-12(4-5-13(10)16)26-18-14(23-28-2)7-11(19(20,21)22)8-15(18)24-29-3/h4-5,7-10,23-24H,6H2,1-3H3. The van der Waals surface area contributed by atoms with Gasteiger partial charge in [0.25, 0.3) is 0 Å². The van der Waals surface area contributed by atoms with Crippen molar-refractivity contribution in [3.63, 3.8) is 0 Å². The first kappa shape index (κ1) is 21.5. The molecule has 0 saturated heterocycles. The molecule has 2 aromatic rings. The molecule has 2 aromatic carbocycles. The van der Waals surface area contributed by atoms with Crippen molar-refractivity contribution in [3.05, 3.63) is 41.5 Å². The summed E-state index contributed by atoms with van der Waals surface area (Å²) in [6, 6.07) is 7.08. The van der Waals surface area contributed by atoms with Crippen LogP contribution in [-0.4, -0.2) is 18.5 Å². The summed E-state index contributed by atoms with van der Waals surface area (Å²) in [5.74, 6) is 0.646. The number of hydrogen-bond donors (Lipinski definition) is 2. The van der Waals surface area contributed by atoms with E-state index in [0.717, 1.165) is 41.6 Å². The van der Waals surface area contributed by atoms with E-state index in [0.29, 0.717) is 17.9 Å². The van der Waals surface area contributed by atoms with Crippen LogP contribution < -0.4 is 18.9 Å². The molecule has 0 aromatic heterocycles. The van der Waals surface area contributed by atoms with Crippen molar-refractivity contribution in [1.29, 1.82) is 0 Å². The van der Waals surface area contributed by atoms with Crippen LogP contribution in [0.4, 0.5) is 24.5 Å². The lowest BCUT2D eigenvalue weighted by Gasteiger charge is -2.23. The molecule has 3 rings (SSSR count). The molecular weight excluding hydrogens is 425 g/mol. The predicted molar refractivity (Wildman–Crippen MR) is 111 cm³/mol. The van der Waals surface area contributed by atoms with E-state index in [2.05, 4.69) is 9.44 Å². The smallest absolute Gasteiger partial charge is 0.416 e. The van der Waals surface area contributed by atoms with Gasteiger partial charge in [0.15, 0.2) is 5.75 Å². The van der Waals surface area contributed by atoms with Crippen LogP contribution >= 0.6 is 23.9 Å². The highest BCUT2D eigenvalue weighted by Gasteiger charge is 2.33. The Kier molecular flexibility index (Phi) is 6.42. The molecule has 156 valence electrons. The number of halogens is 3. The van der Waals surface area contributed by atoms with Crippen molar-refractivity contribution in [3.8, 4) is 17.2 Å². The molecule has 10 heteroatoms. The van der Waals surface area contributed by atoms with Crippen molar-refractivity contribution in [2.45, 2.75) is 25.4 Å².